The molecule has 126 valence electrons. The first-order chi connectivity index (χ1) is 10.1. The van der Waals surface area contributed by atoms with Gasteiger partial charge in [-0.2, -0.15) is 0 Å². The summed E-state index contributed by atoms with van der Waals surface area (Å²) in [4.78, 5) is 1.72. The largest absolute Gasteiger partial charge is 0.494 e. The van der Waals surface area contributed by atoms with Crippen LogP contribution in [0.5, 0.6) is 5.75 Å². The Labute approximate surface area is 135 Å². The van der Waals surface area contributed by atoms with Crippen molar-refractivity contribution in [2.75, 3.05) is 39.4 Å². The van der Waals surface area contributed by atoms with E-state index in [2.05, 4.69) is 5.32 Å². The second-order valence-corrected chi connectivity index (χ2v) is 5.11. The summed E-state index contributed by atoms with van der Waals surface area (Å²) in [6, 6.07) is 5.59. The second kappa shape index (κ2) is 8.62. The molecule has 1 fully saturated rings. The van der Waals surface area contributed by atoms with Crippen LogP contribution in [-0.4, -0.2) is 55.3 Å². The Kier molecular flexibility index (Phi) is 7.48. The van der Waals surface area contributed by atoms with Gasteiger partial charge in [-0.1, -0.05) is 12.1 Å². The van der Waals surface area contributed by atoms with Crippen LogP contribution in [0.3, 0.4) is 0 Å². The fraction of sp³-hybridized carbons (Fsp3) is 0.600. The van der Waals surface area contributed by atoms with Gasteiger partial charge in [0.05, 0.1) is 6.61 Å². The molecule has 0 spiro atoms. The molecule has 1 saturated heterocycles. The highest BCUT2D eigenvalue weighted by Gasteiger charge is 2.43. The molecule has 1 aliphatic rings. The zero-order chi connectivity index (χ0) is 15.3. The number of hydrogen-bond acceptors (Lipinski definition) is 4. The van der Waals surface area contributed by atoms with Crippen molar-refractivity contribution in [1.82, 2.24) is 10.2 Å². The van der Waals surface area contributed by atoms with Crippen LogP contribution in [-0.2, 0) is 0 Å². The molecule has 0 aliphatic carbocycles. The Morgan fingerprint density at radius 1 is 1.27 bits per heavy atom. The maximum absolute atomic E-state index is 14.2. The average Bonchev–Trinajstić information content (AvgIpc) is 2.50. The summed E-state index contributed by atoms with van der Waals surface area (Å²) in [5.74, 6) is -2.52. The minimum atomic E-state index is -3.18. The zero-order valence-corrected chi connectivity index (χ0v) is 13.4. The first-order valence-electron chi connectivity index (χ1n) is 7.24. The number of aliphatic hydroxyl groups excluding tert-OH is 1. The molecule has 1 atom stereocenters. The molecule has 1 aromatic carbocycles. The number of nitrogens with one attached hydrogen (secondary N) is 1. The number of aliphatic hydroxyl groups is 1. The highest BCUT2D eigenvalue weighted by Crippen LogP contribution is 2.37. The van der Waals surface area contributed by atoms with E-state index in [1.165, 1.54) is 0 Å². The van der Waals surface area contributed by atoms with Crippen molar-refractivity contribution in [1.29, 1.82) is 0 Å². The van der Waals surface area contributed by atoms with Crippen LogP contribution in [0.1, 0.15) is 18.5 Å². The summed E-state index contributed by atoms with van der Waals surface area (Å²) < 4.78 is 33.7. The normalized spacial score (nSPS) is 17.6. The second-order valence-electron chi connectivity index (χ2n) is 5.11. The molecule has 0 aromatic heterocycles. The standard InChI is InChI=1S/C15H22F2N2O2.ClH/c1-2-21-13-5-3-12(4-6-13)14(15(16,17)11-20)19-9-7-18-8-10-19;/h3-6,14,18,20H,2,7-11H2,1H3;1H/t14-;/m1./s1. The van der Waals surface area contributed by atoms with E-state index in [4.69, 9.17) is 9.84 Å². The van der Waals surface area contributed by atoms with Gasteiger partial charge in [-0.25, -0.2) is 8.78 Å². The Balaban J connectivity index is 0.00000242. The predicted octanol–water partition coefficient (Wildman–Crippen LogP) is 2.08. The van der Waals surface area contributed by atoms with Crippen LogP contribution in [0.15, 0.2) is 24.3 Å². The molecule has 1 aliphatic heterocycles. The molecule has 0 bridgehead atoms. The van der Waals surface area contributed by atoms with Crippen LogP contribution < -0.4 is 10.1 Å². The fourth-order valence-corrected chi connectivity index (χ4v) is 2.66. The molecular formula is C15H23ClF2N2O2. The van der Waals surface area contributed by atoms with Crippen molar-refractivity contribution >= 4 is 12.4 Å². The van der Waals surface area contributed by atoms with Gasteiger partial charge in [0.25, 0.3) is 5.92 Å². The minimum Gasteiger partial charge on any atom is -0.494 e. The lowest BCUT2D eigenvalue weighted by molar-refractivity contribution is -0.118. The van der Waals surface area contributed by atoms with E-state index in [1.54, 1.807) is 29.2 Å². The van der Waals surface area contributed by atoms with Gasteiger partial charge in [0.2, 0.25) is 0 Å². The number of nitrogens with zero attached hydrogens (tertiary/aromatic N) is 1. The zero-order valence-electron chi connectivity index (χ0n) is 12.6. The number of alkyl halides is 2. The van der Waals surface area contributed by atoms with Crippen molar-refractivity contribution in [3.63, 3.8) is 0 Å². The molecule has 2 N–H and O–H groups in total. The Hall–Kier alpha value is -0.950. The van der Waals surface area contributed by atoms with E-state index in [9.17, 15) is 8.78 Å². The molecule has 0 radical (unpaired) electrons. The topological polar surface area (TPSA) is 44.7 Å². The van der Waals surface area contributed by atoms with Gasteiger partial charge in [-0.15, -0.1) is 12.4 Å². The third kappa shape index (κ3) is 4.52. The maximum atomic E-state index is 14.2. The van der Waals surface area contributed by atoms with E-state index in [1.807, 2.05) is 6.92 Å². The Bertz CT molecular complexity index is 440. The van der Waals surface area contributed by atoms with Crippen LogP contribution in [0.2, 0.25) is 0 Å². The van der Waals surface area contributed by atoms with Crippen molar-refractivity contribution in [2.24, 2.45) is 0 Å². The number of ether oxygens (including phenoxy) is 1. The molecule has 0 saturated carbocycles. The summed E-state index contributed by atoms with van der Waals surface area (Å²) in [5.41, 5.74) is 0.499. The van der Waals surface area contributed by atoms with Gasteiger partial charge in [0.15, 0.2) is 0 Å². The quantitative estimate of drug-likeness (QED) is 0.835. The summed E-state index contributed by atoms with van der Waals surface area (Å²) >= 11 is 0. The van der Waals surface area contributed by atoms with Gasteiger partial charge in [0.1, 0.15) is 18.4 Å². The number of halogens is 3. The molecule has 2 rings (SSSR count). The van der Waals surface area contributed by atoms with E-state index in [-0.39, 0.29) is 12.4 Å². The first-order valence-corrected chi connectivity index (χ1v) is 7.24. The van der Waals surface area contributed by atoms with Crippen molar-refractivity contribution in [3.8, 4) is 5.75 Å². The third-order valence-electron chi connectivity index (χ3n) is 3.63. The van der Waals surface area contributed by atoms with E-state index < -0.39 is 18.6 Å². The Morgan fingerprint density at radius 2 is 1.86 bits per heavy atom. The van der Waals surface area contributed by atoms with Gasteiger partial charge in [0, 0.05) is 26.2 Å². The monoisotopic (exact) mass is 336 g/mol. The molecule has 4 nitrogen and oxygen atoms in total. The smallest absolute Gasteiger partial charge is 0.289 e. The predicted molar refractivity (Wildman–Crippen MR) is 84.1 cm³/mol. The number of benzene rings is 1. The van der Waals surface area contributed by atoms with Crippen molar-refractivity contribution in [3.05, 3.63) is 29.8 Å². The summed E-state index contributed by atoms with van der Waals surface area (Å²) in [6.07, 6.45) is 0. The molecule has 0 unspecified atom stereocenters. The van der Waals surface area contributed by atoms with E-state index in [0.717, 1.165) is 0 Å². The van der Waals surface area contributed by atoms with Crippen LogP contribution >= 0.6 is 12.4 Å². The van der Waals surface area contributed by atoms with Crippen LogP contribution in [0.25, 0.3) is 0 Å². The SMILES string of the molecule is CCOc1ccc([C@@H](N2CCNCC2)C(F)(F)CO)cc1.Cl. The minimum absolute atomic E-state index is 0. The lowest BCUT2D eigenvalue weighted by Crippen LogP contribution is -2.51. The van der Waals surface area contributed by atoms with Crippen molar-refractivity contribution < 1.29 is 18.6 Å². The van der Waals surface area contributed by atoms with Crippen LogP contribution in [0, 0.1) is 0 Å². The number of rotatable bonds is 6. The van der Waals surface area contributed by atoms with E-state index in [0.29, 0.717) is 44.1 Å². The summed E-state index contributed by atoms with van der Waals surface area (Å²) in [6.45, 7) is 3.67. The molecule has 22 heavy (non-hydrogen) atoms. The molecule has 0 amide bonds. The Morgan fingerprint density at radius 3 is 2.36 bits per heavy atom. The third-order valence-corrected chi connectivity index (χ3v) is 3.63. The molecule has 1 aromatic rings. The van der Waals surface area contributed by atoms with Gasteiger partial charge in [-0.3, -0.25) is 4.90 Å². The van der Waals surface area contributed by atoms with E-state index >= 15 is 0 Å². The average molecular weight is 337 g/mol. The highest BCUT2D eigenvalue weighted by atomic mass is 35.5. The van der Waals surface area contributed by atoms with Crippen LogP contribution in [0.4, 0.5) is 8.78 Å². The first kappa shape index (κ1) is 19.1. The molecule has 1 heterocycles. The lowest BCUT2D eigenvalue weighted by atomic mass is 9.98. The van der Waals surface area contributed by atoms with Gasteiger partial charge >= 0.3 is 0 Å². The summed E-state index contributed by atoms with van der Waals surface area (Å²) in [7, 11) is 0. The lowest BCUT2D eigenvalue weighted by Gasteiger charge is -2.38. The van der Waals surface area contributed by atoms with Gasteiger partial charge < -0.3 is 15.2 Å². The fourth-order valence-electron chi connectivity index (χ4n) is 2.66. The number of piperazine rings is 1. The highest BCUT2D eigenvalue weighted by molar-refractivity contribution is 5.85. The number of hydrogen-bond donors (Lipinski definition) is 2. The van der Waals surface area contributed by atoms with Gasteiger partial charge in [-0.05, 0) is 24.6 Å². The van der Waals surface area contributed by atoms with Crippen molar-refractivity contribution in [2.45, 2.75) is 18.9 Å². The molecule has 7 heteroatoms. The maximum Gasteiger partial charge on any atom is 0.289 e. The molecular weight excluding hydrogens is 314 g/mol. The summed E-state index contributed by atoms with van der Waals surface area (Å²) in [5, 5.41) is 12.2.